The highest BCUT2D eigenvalue weighted by atomic mass is 16.5. The van der Waals surface area contributed by atoms with Gasteiger partial charge in [-0.25, -0.2) is 9.97 Å². The molecule has 1 aromatic carbocycles. The first-order valence-electron chi connectivity index (χ1n) is 9.10. The molecule has 4 rings (SSSR count). The lowest BCUT2D eigenvalue weighted by Crippen LogP contribution is -2.41. The van der Waals surface area contributed by atoms with Gasteiger partial charge in [0.05, 0.1) is 13.2 Å². The van der Waals surface area contributed by atoms with Gasteiger partial charge in [0.25, 0.3) is 0 Å². The smallest absolute Gasteiger partial charge is 0.228 e. The molecule has 2 fully saturated rings. The summed E-state index contributed by atoms with van der Waals surface area (Å²) < 4.78 is 5.93. The minimum atomic E-state index is -0.193. The van der Waals surface area contributed by atoms with Crippen LogP contribution in [0.2, 0.25) is 0 Å². The summed E-state index contributed by atoms with van der Waals surface area (Å²) in [6.07, 6.45) is 3.66. The molecule has 6 nitrogen and oxygen atoms in total. The molecule has 2 aromatic rings. The molecule has 6 heteroatoms. The van der Waals surface area contributed by atoms with Crippen molar-refractivity contribution in [2.75, 3.05) is 37.7 Å². The zero-order valence-electron chi connectivity index (χ0n) is 15.0. The zero-order valence-corrected chi connectivity index (χ0v) is 15.0. The average molecular weight is 352 g/mol. The fourth-order valence-corrected chi connectivity index (χ4v) is 4.05. The molecule has 0 radical (unpaired) electrons. The van der Waals surface area contributed by atoms with Crippen LogP contribution in [0.1, 0.15) is 24.9 Å². The molecule has 2 aliphatic rings. The topological polar surface area (TPSA) is 58.6 Å². The normalized spacial score (nSPS) is 25.4. The van der Waals surface area contributed by atoms with Crippen molar-refractivity contribution >= 4 is 11.7 Å². The van der Waals surface area contributed by atoms with Gasteiger partial charge in [0.15, 0.2) is 0 Å². The van der Waals surface area contributed by atoms with Crippen LogP contribution in [0.3, 0.4) is 0 Å². The number of carbonyl (C=O) groups is 1. The first kappa shape index (κ1) is 17.1. The molecule has 0 bridgehead atoms. The van der Waals surface area contributed by atoms with Gasteiger partial charge in [0, 0.05) is 43.7 Å². The van der Waals surface area contributed by atoms with E-state index in [4.69, 9.17) is 4.74 Å². The van der Waals surface area contributed by atoms with Gasteiger partial charge in [-0.3, -0.25) is 14.6 Å². The predicted octanol–water partition coefficient (Wildman–Crippen LogP) is 2.29. The number of amides is 1. The molecule has 3 heterocycles. The van der Waals surface area contributed by atoms with Crippen LogP contribution in [-0.2, 0) is 9.53 Å². The van der Waals surface area contributed by atoms with E-state index in [1.165, 1.54) is 11.9 Å². The van der Waals surface area contributed by atoms with Gasteiger partial charge in [-0.15, -0.1) is 0 Å². The van der Waals surface area contributed by atoms with Crippen molar-refractivity contribution in [3.8, 4) is 0 Å². The highest BCUT2D eigenvalue weighted by molar-refractivity contribution is 5.95. The van der Waals surface area contributed by atoms with Crippen molar-refractivity contribution in [2.45, 2.75) is 19.4 Å². The number of carbonyl (C=O) groups excluding carboxylic acids is 1. The minimum Gasteiger partial charge on any atom is -0.379 e. The number of benzene rings is 1. The zero-order chi connectivity index (χ0) is 18.0. The average Bonchev–Trinajstić information content (AvgIpc) is 2.86. The minimum absolute atomic E-state index is 0.113. The summed E-state index contributed by atoms with van der Waals surface area (Å²) in [7, 11) is 0. The quantitative estimate of drug-likeness (QED) is 0.848. The van der Waals surface area contributed by atoms with Gasteiger partial charge in [0.1, 0.15) is 12.1 Å². The number of rotatable bonds is 3. The van der Waals surface area contributed by atoms with Gasteiger partial charge in [-0.05, 0) is 18.6 Å². The Morgan fingerprint density at radius 1 is 1.19 bits per heavy atom. The summed E-state index contributed by atoms with van der Waals surface area (Å²) in [6, 6.07) is 12.6. The molecule has 0 N–H and O–H groups in total. The number of nitrogens with zero attached hydrogens (tertiary/aromatic N) is 4. The van der Waals surface area contributed by atoms with Crippen LogP contribution in [0.25, 0.3) is 0 Å². The molecule has 2 unspecified atom stereocenters. The first-order valence-corrected chi connectivity index (χ1v) is 9.10. The van der Waals surface area contributed by atoms with Crippen LogP contribution in [0.15, 0.2) is 48.9 Å². The van der Waals surface area contributed by atoms with E-state index in [1.54, 1.807) is 17.2 Å². The van der Waals surface area contributed by atoms with E-state index in [2.05, 4.69) is 46.1 Å². The van der Waals surface area contributed by atoms with Gasteiger partial charge >= 0.3 is 0 Å². The SMILES string of the molecule is CC(c1ccccc1)N1CCOCC2(CC(=O)N(c3ccncn3)C2)C1. The van der Waals surface area contributed by atoms with Crippen molar-refractivity contribution in [3.05, 3.63) is 54.5 Å². The summed E-state index contributed by atoms with van der Waals surface area (Å²) in [4.78, 5) is 25.1. The van der Waals surface area contributed by atoms with Gasteiger partial charge in [-0.1, -0.05) is 30.3 Å². The maximum atomic E-state index is 12.7. The number of aromatic nitrogens is 2. The van der Waals surface area contributed by atoms with Crippen LogP contribution in [0, 0.1) is 5.41 Å². The molecule has 2 atom stereocenters. The predicted molar refractivity (Wildman–Crippen MR) is 98.7 cm³/mol. The van der Waals surface area contributed by atoms with Gasteiger partial charge < -0.3 is 4.74 Å². The second-order valence-corrected chi connectivity index (χ2v) is 7.33. The molecule has 1 spiro atoms. The third-order valence-corrected chi connectivity index (χ3v) is 5.46. The number of hydrogen-bond donors (Lipinski definition) is 0. The standard InChI is InChI=1S/C20H24N4O2/c1-16(17-5-3-2-4-6-17)23-9-10-26-14-20(12-23)11-19(25)24(13-20)18-7-8-21-15-22-18/h2-8,15-16H,9-14H2,1H3. The maximum Gasteiger partial charge on any atom is 0.228 e. The summed E-state index contributed by atoms with van der Waals surface area (Å²) in [5.74, 6) is 0.787. The molecule has 1 amide bonds. The summed E-state index contributed by atoms with van der Waals surface area (Å²) in [6.45, 7) is 5.89. The van der Waals surface area contributed by atoms with Crippen LogP contribution in [0.5, 0.6) is 0 Å². The lowest BCUT2D eigenvalue weighted by molar-refractivity contribution is -0.118. The third-order valence-electron chi connectivity index (χ3n) is 5.46. The Balaban J connectivity index is 1.55. The lowest BCUT2D eigenvalue weighted by Gasteiger charge is -2.34. The Morgan fingerprint density at radius 3 is 2.81 bits per heavy atom. The maximum absolute atomic E-state index is 12.7. The highest BCUT2D eigenvalue weighted by Gasteiger charge is 2.46. The van der Waals surface area contributed by atoms with Crippen LogP contribution < -0.4 is 4.90 Å². The van der Waals surface area contributed by atoms with Crippen molar-refractivity contribution < 1.29 is 9.53 Å². The second-order valence-electron chi connectivity index (χ2n) is 7.33. The van der Waals surface area contributed by atoms with Crippen LogP contribution in [-0.4, -0.2) is 53.6 Å². The van der Waals surface area contributed by atoms with Gasteiger partial charge in [0.2, 0.25) is 5.91 Å². The fraction of sp³-hybridized carbons (Fsp3) is 0.450. The number of anilines is 1. The summed E-state index contributed by atoms with van der Waals surface area (Å²) >= 11 is 0. The summed E-state index contributed by atoms with van der Waals surface area (Å²) in [5, 5.41) is 0. The number of hydrogen-bond acceptors (Lipinski definition) is 5. The Labute approximate surface area is 153 Å². The van der Waals surface area contributed by atoms with E-state index >= 15 is 0 Å². The molecule has 1 aromatic heterocycles. The Morgan fingerprint density at radius 2 is 2.04 bits per heavy atom. The summed E-state index contributed by atoms with van der Waals surface area (Å²) in [5.41, 5.74) is 1.10. The molecule has 136 valence electrons. The molecule has 0 aliphatic carbocycles. The second kappa shape index (κ2) is 7.13. The highest BCUT2D eigenvalue weighted by Crippen LogP contribution is 2.38. The molecule has 2 saturated heterocycles. The first-order chi connectivity index (χ1) is 12.7. The van der Waals surface area contributed by atoms with Crippen molar-refractivity contribution in [1.82, 2.24) is 14.9 Å². The van der Waals surface area contributed by atoms with Crippen LogP contribution in [0.4, 0.5) is 5.82 Å². The Bertz CT molecular complexity index is 755. The molecule has 26 heavy (non-hydrogen) atoms. The molecular weight excluding hydrogens is 328 g/mol. The molecule has 0 saturated carbocycles. The fourth-order valence-electron chi connectivity index (χ4n) is 4.05. The van der Waals surface area contributed by atoms with E-state index < -0.39 is 0 Å². The Hall–Kier alpha value is -2.31. The lowest BCUT2D eigenvalue weighted by atomic mass is 9.86. The largest absolute Gasteiger partial charge is 0.379 e. The number of ether oxygens (including phenoxy) is 1. The van der Waals surface area contributed by atoms with Crippen molar-refractivity contribution in [2.24, 2.45) is 5.41 Å². The van der Waals surface area contributed by atoms with E-state index in [1.807, 2.05) is 6.07 Å². The van der Waals surface area contributed by atoms with E-state index in [0.29, 0.717) is 32.0 Å². The van der Waals surface area contributed by atoms with E-state index in [9.17, 15) is 4.79 Å². The van der Waals surface area contributed by atoms with Crippen molar-refractivity contribution in [1.29, 1.82) is 0 Å². The van der Waals surface area contributed by atoms with E-state index in [-0.39, 0.29) is 17.4 Å². The third kappa shape index (κ3) is 3.34. The van der Waals surface area contributed by atoms with Crippen LogP contribution >= 0.6 is 0 Å². The molecular formula is C20H24N4O2. The monoisotopic (exact) mass is 352 g/mol. The van der Waals surface area contributed by atoms with Crippen molar-refractivity contribution in [3.63, 3.8) is 0 Å². The van der Waals surface area contributed by atoms with Gasteiger partial charge in [-0.2, -0.15) is 0 Å². The Kier molecular flexibility index (Phi) is 4.70. The molecule has 2 aliphatic heterocycles. The van der Waals surface area contributed by atoms with E-state index in [0.717, 1.165) is 13.1 Å².